The van der Waals surface area contributed by atoms with Crippen molar-refractivity contribution in [3.05, 3.63) is 28.6 Å². The van der Waals surface area contributed by atoms with Gasteiger partial charge in [-0.2, -0.15) is 5.10 Å². The Balaban J connectivity index is 0.00000385. The SMILES string of the molecule is CCc1nn(C)c(CC)c1CN=C(NCCCN1CCOCC1)NCc1nnc(C)n1C.I. The highest BCUT2D eigenvalue weighted by molar-refractivity contribution is 14.0. The van der Waals surface area contributed by atoms with Gasteiger partial charge in [0.1, 0.15) is 5.82 Å². The van der Waals surface area contributed by atoms with Gasteiger partial charge in [0.05, 0.1) is 32.0 Å². The number of nitrogens with one attached hydrogen (secondary N) is 2. The quantitative estimate of drug-likeness (QED) is 0.193. The smallest absolute Gasteiger partial charge is 0.191 e. The second kappa shape index (κ2) is 13.9. The standard InChI is InChI=1S/C22H39N9O.HI/c1-6-19-18(20(7-2)30(5)28-19)15-24-22(25-16-21-27-26-17(3)29(21)4)23-9-8-10-31-11-13-32-14-12-31;/h6-16H2,1-5H3,(H2,23,24,25);1H. The Kier molecular flexibility index (Phi) is 11.5. The van der Waals surface area contributed by atoms with E-state index in [9.17, 15) is 0 Å². The van der Waals surface area contributed by atoms with Gasteiger partial charge in [-0.05, 0) is 32.7 Å². The average molecular weight is 574 g/mol. The molecule has 186 valence electrons. The summed E-state index contributed by atoms with van der Waals surface area (Å²) in [5.74, 6) is 2.57. The molecule has 2 aromatic rings. The second-order valence-corrected chi connectivity index (χ2v) is 8.18. The minimum atomic E-state index is 0. The molecule has 11 heteroatoms. The number of aryl methyl sites for hydroxylation is 3. The number of morpholine rings is 1. The largest absolute Gasteiger partial charge is 0.379 e. The summed E-state index contributed by atoms with van der Waals surface area (Å²) in [7, 11) is 4.00. The van der Waals surface area contributed by atoms with E-state index in [4.69, 9.17) is 9.73 Å². The van der Waals surface area contributed by atoms with E-state index in [-0.39, 0.29) is 24.0 Å². The maximum Gasteiger partial charge on any atom is 0.191 e. The summed E-state index contributed by atoms with van der Waals surface area (Å²) in [6, 6.07) is 0. The monoisotopic (exact) mass is 573 g/mol. The Morgan fingerprint density at radius 2 is 1.85 bits per heavy atom. The predicted octanol–water partition coefficient (Wildman–Crippen LogP) is 1.56. The Morgan fingerprint density at radius 1 is 1.09 bits per heavy atom. The van der Waals surface area contributed by atoms with Crippen molar-refractivity contribution in [1.29, 1.82) is 0 Å². The molecule has 0 radical (unpaired) electrons. The third-order valence-corrected chi connectivity index (χ3v) is 6.07. The van der Waals surface area contributed by atoms with Crippen molar-refractivity contribution in [2.45, 2.75) is 53.1 Å². The van der Waals surface area contributed by atoms with Crippen molar-refractivity contribution in [2.75, 3.05) is 39.4 Å². The molecular formula is C22H40IN9O. The van der Waals surface area contributed by atoms with E-state index in [0.717, 1.165) is 82.0 Å². The van der Waals surface area contributed by atoms with Crippen molar-refractivity contribution < 1.29 is 4.74 Å². The van der Waals surface area contributed by atoms with Crippen LogP contribution in [0.4, 0.5) is 0 Å². The van der Waals surface area contributed by atoms with Gasteiger partial charge in [-0.15, -0.1) is 34.2 Å². The first-order chi connectivity index (χ1) is 15.5. The summed E-state index contributed by atoms with van der Waals surface area (Å²) in [6.07, 6.45) is 2.91. The third-order valence-electron chi connectivity index (χ3n) is 6.07. The van der Waals surface area contributed by atoms with Crippen molar-refractivity contribution in [1.82, 2.24) is 40.1 Å². The van der Waals surface area contributed by atoms with Gasteiger partial charge in [-0.3, -0.25) is 9.58 Å². The van der Waals surface area contributed by atoms with Crippen molar-refractivity contribution in [3.63, 3.8) is 0 Å². The molecule has 0 aromatic carbocycles. The summed E-state index contributed by atoms with van der Waals surface area (Å²) >= 11 is 0. The molecule has 0 aliphatic carbocycles. The molecule has 33 heavy (non-hydrogen) atoms. The second-order valence-electron chi connectivity index (χ2n) is 8.18. The molecule has 3 heterocycles. The molecule has 0 spiro atoms. The van der Waals surface area contributed by atoms with Gasteiger partial charge in [-0.25, -0.2) is 4.99 Å². The van der Waals surface area contributed by atoms with Crippen LogP contribution in [0.25, 0.3) is 0 Å². The topological polar surface area (TPSA) is 97.4 Å². The first-order valence-electron chi connectivity index (χ1n) is 11.7. The summed E-state index contributed by atoms with van der Waals surface area (Å²) in [6.45, 7) is 13.1. The van der Waals surface area contributed by atoms with E-state index in [2.05, 4.69) is 44.7 Å². The van der Waals surface area contributed by atoms with Crippen LogP contribution in [0.3, 0.4) is 0 Å². The van der Waals surface area contributed by atoms with Crippen LogP contribution < -0.4 is 10.6 Å². The van der Waals surface area contributed by atoms with Gasteiger partial charge >= 0.3 is 0 Å². The van der Waals surface area contributed by atoms with Gasteiger partial charge in [0.2, 0.25) is 0 Å². The molecule has 10 nitrogen and oxygen atoms in total. The zero-order valence-electron chi connectivity index (χ0n) is 20.7. The minimum Gasteiger partial charge on any atom is -0.379 e. The molecule has 0 saturated carbocycles. The van der Waals surface area contributed by atoms with Crippen LogP contribution in [-0.4, -0.2) is 74.8 Å². The zero-order chi connectivity index (χ0) is 22.9. The van der Waals surface area contributed by atoms with E-state index in [0.29, 0.717) is 13.1 Å². The lowest BCUT2D eigenvalue weighted by Gasteiger charge is -2.26. The van der Waals surface area contributed by atoms with E-state index in [1.54, 1.807) is 0 Å². The molecule has 2 aromatic heterocycles. The number of nitrogens with zero attached hydrogens (tertiary/aromatic N) is 7. The van der Waals surface area contributed by atoms with Crippen LogP contribution in [0.5, 0.6) is 0 Å². The van der Waals surface area contributed by atoms with Gasteiger partial charge in [0, 0.05) is 45.0 Å². The van der Waals surface area contributed by atoms with Crippen LogP contribution in [-0.2, 0) is 44.8 Å². The number of guanidine groups is 1. The number of aliphatic imine (C=N–C) groups is 1. The van der Waals surface area contributed by atoms with Crippen molar-refractivity contribution in [3.8, 4) is 0 Å². The fraction of sp³-hybridized carbons (Fsp3) is 0.727. The predicted molar refractivity (Wildman–Crippen MR) is 141 cm³/mol. The minimum absolute atomic E-state index is 0. The molecule has 1 aliphatic heterocycles. The Labute approximate surface area is 214 Å². The number of ether oxygens (including phenoxy) is 1. The fourth-order valence-corrected chi connectivity index (χ4v) is 4.01. The fourth-order valence-electron chi connectivity index (χ4n) is 4.01. The van der Waals surface area contributed by atoms with E-state index in [1.165, 1.54) is 11.3 Å². The number of halogens is 1. The van der Waals surface area contributed by atoms with Gasteiger partial charge < -0.3 is 19.9 Å². The first-order valence-corrected chi connectivity index (χ1v) is 11.7. The molecule has 0 bridgehead atoms. The molecule has 3 rings (SSSR count). The highest BCUT2D eigenvalue weighted by Crippen LogP contribution is 2.16. The third kappa shape index (κ3) is 7.64. The summed E-state index contributed by atoms with van der Waals surface area (Å²) < 4.78 is 9.43. The summed E-state index contributed by atoms with van der Waals surface area (Å²) in [4.78, 5) is 7.36. The van der Waals surface area contributed by atoms with Gasteiger partial charge in [0.15, 0.2) is 11.8 Å². The highest BCUT2D eigenvalue weighted by atomic mass is 127. The van der Waals surface area contributed by atoms with E-state index in [1.807, 2.05) is 30.3 Å². The van der Waals surface area contributed by atoms with E-state index >= 15 is 0 Å². The molecule has 0 amide bonds. The molecule has 2 N–H and O–H groups in total. The molecular weight excluding hydrogens is 533 g/mol. The average Bonchev–Trinajstić information content (AvgIpc) is 3.30. The Bertz CT molecular complexity index is 887. The lowest BCUT2D eigenvalue weighted by atomic mass is 10.1. The van der Waals surface area contributed by atoms with Gasteiger partial charge in [-0.1, -0.05) is 13.8 Å². The summed E-state index contributed by atoms with van der Waals surface area (Å²) in [5, 5.41) is 20.0. The van der Waals surface area contributed by atoms with Crippen LogP contribution in [0.15, 0.2) is 4.99 Å². The van der Waals surface area contributed by atoms with Crippen molar-refractivity contribution in [2.24, 2.45) is 19.1 Å². The van der Waals surface area contributed by atoms with Crippen LogP contribution >= 0.6 is 24.0 Å². The lowest BCUT2D eigenvalue weighted by Crippen LogP contribution is -2.40. The lowest BCUT2D eigenvalue weighted by molar-refractivity contribution is 0.0376. The number of hydrogen-bond acceptors (Lipinski definition) is 6. The van der Waals surface area contributed by atoms with E-state index < -0.39 is 0 Å². The Hall–Kier alpha value is -1.73. The maximum absolute atomic E-state index is 5.44. The normalized spacial score (nSPS) is 14.9. The van der Waals surface area contributed by atoms with Crippen LogP contribution in [0, 0.1) is 6.92 Å². The molecule has 1 fully saturated rings. The first kappa shape index (κ1) is 27.5. The molecule has 0 unspecified atom stereocenters. The highest BCUT2D eigenvalue weighted by Gasteiger charge is 2.14. The van der Waals surface area contributed by atoms with Crippen LogP contribution in [0.1, 0.15) is 48.9 Å². The molecule has 1 saturated heterocycles. The maximum atomic E-state index is 5.44. The zero-order valence-corrected chi connectivity index (χ0v) is 23.1. The number of rotatable bonds is 10. The Morgan fingerprint density at radius 3 is 2.48 bits per heavy atom. The summed E-state index contributed by atoms with van der Waals surface area (Å²) in [5.41, 5.74) is 3.62. The molecule has 0 atom stereocenters. The number of aromatic nitrogens is 5. The van der Waals surface area contributed by atoms with Gasteiger partial charge in [0.25, 0.3) is 0 Å². The molecule has 1 aliphatic rings. The van der Waals surface area contributed by atoms with Crippen LogP contribution in [0.2, 0.25) is 0 Å². The number of hydrogen-bond donors (Lipinski definition) is 2. The van der Waals surface area contributed by atoms with Crippen molar-refractivity contribution >= 4 is 29.9 Å².